The van der Waals surface area contributed by atoms with Crippen molar-refractivity contribution in [2.45, 2.75) is 38.6 Å². The van der Waals surface area contributed by atoms with Crippen LogP contribution in [0.25, 0.3) is 0 Å². The van der Waals surface area contributed by atoms with Gasteiger partial charge in [0.1, 0.15) is 11.5 Å². The second-order valence-corrected chi connectivity index (χ2v) is 8.47. The highest BCUT2D eigenvalue weighted by Gasteiger charge is 2.22. The summed E-state index contributed by atoms with van der Waals surface area (Å²) in [4.78, 5) is 9.74. The van der Waals surface area contributed by atoms with E-state index in [0.29, 0.717) is 12.0 Å². The van der Waals surface area contributed by atoms with Gasteiger partial charge in [-0.25, -0.2) is 0 Å². The topological polar surface area (TPSA) is 61.4 Å². The third kappa shape index (κ3) is 6.42. The number of rotatable bonds is 7. The van der Waals surface area contributed by atoms with Crippen LogP contribution in [-0.2, 0) is 0 Å². The van der Waals surface area contributed by atoms with Gasteiger partial charge in [-0.1, -0.05) is 0 Å². The van der Waals surface area contributed by atoms with E-state index in [4.69, 9.17) is 14.5 Å². The first-order chi connectivity index (χ1) is 14.6. The highest BCUT2D eigenvalue weighted by Crippen LogP contribution is 2.30. The number of methoxy groups -OCH3 is 2. The first kappa shape index (κ1) is 22.5. The summed E-state index contributed by atoms with van der Waals surface area (Å²) < 4.78 is 10.9. The van der Waals surface area contributed by atoms with E-state index in [1.54, 1.807) is 14.2 Å². The highest BCUT2D eigenvalue weighted by atomic mass is 16.5. The number of piperidine rings is 2. The van der Waals surface area contributed by atoms with Crippen LogP contribution in [0, 0.1) is 5.92 Å². The molecule has 1 aromatic carbocycles. The van der Waals surface area contributed by atoms with E-state index in [1.165, 1.54) is 19.4 Å². The monoisotopic (exact) mass is 417 g/mol. The fourth-order valence-electron chi connectivity index (χ4n) is 4.41. The lowest BCUT2D eigenvalue weighted by Gasteiger charge is -2.35. The summed E-state index contributed by atoms with van der Waals surface area (Å²) in [5.74, 6) is 3.30. The number of anilines is 1. The Morgan fingerprint density at radius 2 is 1.77 bits per heavy atom. The predicted octanol–water partition coefficient (Wildman–Crippen LogP) is 2.57. The largest absolute Gasteiger partial charge is 0.497 e. The maximum absolute atomic E-state index is 5.43. The fraction of sp³-hybridized carbons (Fsp3) is 0.696. The lowest BCUT2D eigenvalue weighted by atomic mass is 9.99. The number of hydrogen-bond donors (Lipinski definition) is 2. The van der Waals surface area contributed by atoms with Gasteiger partial charge in [0, 0.05) is 62.7 Å². The van der Waals surface area contributed by atoms with Crippen LogP contribution in [0.15, 0.2) is 23.2 Å². The normalized spacial score (nSPS) is 21.4. The molecule has 2 aliphatic rings. The molecule has 0 saturated carbocycles. The lowest BCUT2D eigenvalue weighted by molar-refractivity contribution is 0.214. The van der Waals surface area contributed by atoms with Gasteiger partial charge in [-0.15, -0.1) is 0 Å². The smallest absolute Gasteiger partial charge is 0.191 e. The molecule has 1 atom stereocenters. The van der Waals surface area contributed by atoms with Gasteiger partial charge in [0.25, 0.3) is 0 Å². The molecule has 2 heterocycles. The summed E-state index contributed by atoms with van der Waals surface area (Å²) in [5.41, 5.74) is 1.16. The van der Waals surface area contributed by atoms with E-state index in [9.17, 15) is 0 Å². The molecule has 2 aliphatic heterocycles. The van der Waals surface area contributed by atoms with Crippen LogP contribution in [0.2, 0.25) is 0 Å². The Balaban J connectivity index is 1.53. The number of likely N-dealkylation sites (tertiary alicyclic amines) is 1. The molecule has 168 valence electrons. The van der Waals surface area contributed by atoms with Crippen LogP contribution in [-0.4, -0.2) is 77.4 Å². The summed E-state index contributed by atoms with van der Waals surface area (Å²) in [6.45, 7) is 8.30. The minimum Gasteiger partial charge on any atom is -0.497 e. The Morgan fingerprint density at radius 3 is 2.37 bits per heavy atom. The van der Waals surface area contributed by atoms with Crippen LogP contribution >= 0.6 is 0 Å². The molecule has 7 nitrogen and oxygen atoms in total. The van der Waals surface area contributed by atoms with Crippen molar-refractivity contribution < 1.29 is 9.47 Å². The second kappa shape index (κ2) is 11.3. The number of ether oxygens (including phenoxy) is 2. The van der Waals surface area contributed by atoms with Crippen LogP contribution < -0.4 is 25.0 Å². The number of hydrogen-bond acceptors (Lipinski definition) is 5. The summed E-state index contributed by atoms with van der Waals surface area (Å²) in [6.07, 6.45) is 4.73. The quantitative estimate of drug-likeness (QED) is 0.525. The van der Waals surface area contributed by atoms with Crippen LogP contribution in [0.3, 0.4) is 0 Å². The van der Waals surface area contributed by atoms with E-state index in [-0.39, 0.29) is 0 Å². The van der Waals surface area contributed by atoms with Crippen molar-refractivity contribution in [3.63, 3.8) is 0 Å². The zero-order chi connectivity index (χ0) is 21.3. The second-order valence-electron chi connectivity index (χ2n) is 8.47. The minimum atomic E-state index is 0.445. The van der Waals surface area contributed by atoms with E-state index in [1.807, 2.05) is 6.07 Å². The van der Waals surface area contributed by atoms with Gasteiger partial charge in [0.15, 0.2) is 5.96 Å². The Kier molecular flexibility index (Phi) is 8.49. The zero-order valence-corrected chi connectivity index (χ0v) is 19.1. The molecule has 1 aromatic rings. The Labute approximate surface area is 181 Å². The highest BCUT2D eigenvalue weighted by molar-refractivity contribution is 5.80. The summed E-state index contributed by atoms with van der Waals surface area (Å²) in [7, 11) is 5.61. The Hall–Kier alpha value is -2.15. The molecule has 1 unspecified atom stereocenters. The number of nitrogens with one attached hydrogen (secondary N) is 2. The molecule has 7 heteroatoms. The molecule has 2 saturated heterocycles. The lowest BCUT2D eigenvalue weighted by Crippen LogP contribution is -2.49. The maximum Gasteiger partial charge on any atom is 0.191 e. The third-order valence-electron chi connectivity index (χ3n) is 6.11. The van der Waals surface area contributed by atoms with Crippen LogP contribution in [0.4, 0.5) is 5.69 Å². The molecular weight excluding hydrogens is 378 g/mol. The van der Waals surface area contributed by atoms with Crippen molar-refractivity contribution in [2.24, 2.45) is 10.9 Å². The Bertz CT molecular complexity index is 666. The minimum absolute atomic E-state index is 0.445. The van der Waals surface area contributed by atoms with E-state index < -0.39 is 0 Å². The molecule has 2 N–H and O–H groups in total. The van der Waals surface area contributed by atoms with Crippen molar-refractivity contribution in [2.75, 3.05) is 65.4 Å². The molecule has 3 rings (SSSR count). The van der Waals surface area contributed by atoms with E-state index in [0.717, 1.165) is 68.7 Å². The first-order valence-electron chi connectivity index (χ1n) is 11.3. The average Bonchev–Trinajstić information content (AvgIpc) is 2.77. The van der Waals surface area contributed by atoms with Crippen molar-refractivity contribution in [1.29, 1.82) is 0 Å². The fourth-order valence-corrected chi connectivity index (χ4v) is 4.41. The van der Waals surface area contributed by atoms with Crippen molar-refractivity contribution >= 4 is 11.6 Å². The number of aliphatic imine (C=N–C) groups is 1. The van der Waals surface area contributed by atoms with Gasteiger partial charge in [-0.3, -0.25) is 4.99 Å². The molecular formula is C23H39N5O2. The summed E-state index contributed by atoms with van der Waals surface area (Å²) in [6, 6.07) is 6.54. The molecule has 0 aromatic heterocycles. The summed E-state index contributed by atoms with van der Waals surface area (Å²) in [5, 5.41) is 7.11. The van der Waals surface area contributed by atoms with E-state index >= 15 is 0 Å². The molecule has 0 bridgehead atoms. The van der Waals surface area contributed by atoms with Crippen LogP contribution in [0.5, 0.6) is 11.5 Å². The molecule has 30 heavy (non-hydrogen) atoms. The van der Waals surface area contributed by atoms with E-state index in [2.05, 4.69) is 46.5 Å². The molecule has 0 amide bonds. The van der Waals surface area contributed by atoms with Gasteiger partial charge in [0.2, 0.25) is 0 Å². The zero-order valence-electron chi connectivity index (χ0n) is 19.1. The van der Waals surface area contributed by atoms with Crippen molar-refractivity contribution in [3.05, 3.63) is 18.2 Å². The van der Waals surface area contributed by atoms with Crippen molar-refractivity contribution in [3.8, 4) is 11.5 Å². The first-order valence-corrected chi connectivity index (χ1v) is 11.3. The standard InChI is InChI=1S/C23H39N5O2/c1-5-24-23(25-16-18-7-6-10-27(2)17-18)26-19-8-11-28(12-9-19)20-13-21(29-3)15-22(14-20)30-4/h13-15,18-19H,5-12,16-17H2,1-4H3,(H2,24,25,26). The molecule has 0 radical (unpaired) electrons. The van der Waals surface area contributed by atoms with Gasteiger partial charge >= 0.3 is 0 Å². The number of nitrogens with zero attached hydrogens (tertiary/aromatic N) is 3. The molecule has 0 aliphatic carbocycles. The predicted molar refractivity (Wildman–Crippen MR) is 124 cm³/mol. The number of benzene rings is 1. The summed E-state index contributed by atoms with van der Waals surface area (Å²) >= 11 is 0. The third-order valence-corrected chi connectivity index (χ3v) is 6.11. The Morgan fingerprint density at radius 1 is 1.07 bits per heavy atom. The van der Waals surface area contributed by atoms with Gasteiger partial charge in [-0.05, 0) is 52.1 Å². The van der Waals surface area contributed by atoms with Gasteiger partial charge in [-0.2, -0.15) is 0 Å². The van der Waals surface area contributed by atoms with Crippen molar-refractivity contribution in [1.82, 2.24) is 15.5 Å². The maximum atomic E-state index is 5.43. The molecule has 2 fully saturated rings. The number of guanidine groups is 1. The SMILES string of the molecule is CCNC(=NCC1CCCN(C)C1)NC1CCN(c2cc(OC)cc(OC)c2)CC1. The van der Waals surface area contributed by atoms with Gasteiger partial charge < -0.3 is 29.9 Å². The van der Waals surface area contributed by atoms with Gasteiger partial charge in [0.05, 0.1) is 14.2 Å². The molecule has 0 spiro atoms. The average molecular weight is 418 g/mol. The van der Waals surface area contributed by atoms with Crippen LogP contribution in [0.1, 0.15) is 32.6 Å².